The van der Waals surface area contributed by atoms with Crippen LogP contribution in [-0.4, -0.2) is 40.9 Å². The first kappa shape index (κ1) is 23.8. The normalized spacial score (nSPS) is 21.2. The van der Waals surface area contributed by atoms with Crippen LogP contribution < -0.4 is 31.1 Å². The third kappa shape index (κ3) is 4.65. The number of anilines is 2. The zero-order valence-electron chi connectivity index (χ0n) is 20.8. The Hall–Kier alpha value is -3.89. The van der Waals surface area contributed by atoms with Crippen molar-refractivity contribution in [1.82, 2.24) is 25.8 Å². The molecule has 0 aliphatic carbocycles. The van der Waals surface area contributed by atoms with Crippen molar-refractivity contribution < 1.29 is 14.3 Å². The van der Waals surface area contributed by atoms with Crippen molar-refractivity contribution in [2.75, 3.05) is 23.5 Å². The molecule has 3 unspecified atom stereocenters. The maximum Gasteiger partial charge on any atom is 0.263 e. The van der Waals surface area contributed by atoms with Crippen LogP contribution in [0.4, 0.5) is 11.5 Å². The van der Waals surface area contributed by atoms with Crippen molar-refractivity contribution in [3.63, 3.8) is 0 Å². The molecule has 0 radical (unpaired) electrons. The monoisotopic (exact) mass is 489 g/mol. The first-order valence-corrected chi connectivity index (χ1v) is 12.0. The van der Waals surface area contributed by atoms with E-state index in [1.165, 1.54) is 11.1 Å². The molecule has 2 fully saturated rings. The number of carbonyl (C=O) groups is 2. The van der Waals surface area contributed by atoms with Gasteiger partial charge in [0.1, 0.15) is 17.7 Å². The van der Waals surface area contributed by atoms with Gasteiger partial charge in [-0.05, 0) is 62.6 Å². The number of hydrazine groups is 1. The van der Waals surface area contributed by atoms with Gasteiger partial charge in [-0.3, -0.25) is 19.9 Å². The summed E-state index contributed by atoms with van der Waals surface area (Å²) in [5.74, 6) is 0.435. The molecular weight excluding hydrogens is 458 g/mol. The predicted octanol–water partition coefficient (Wildman–Crippen LogP) is 2.28. The van der Waals surface area contributed by atoms with Gasteiger partial charge in [-0.25, -0.2) is 10.1 Å². The highest BCUT2D eigenvalue weighted by molar-refractivity contribution is 5.91. The van der Waals surface area contributed by atoms with E-state index in [0.717, 1.165) is 11.3 Å². The van der Waals surface area contributed by atoms with Gasteiger partial charge in [-0.1, -0.05) is 24.3 Å². The fourth-order valence-corrected chi connectivity index (χ4v) is 4.57. The number of benzene rings is 2. The summed E-state index contributed by atoms with van der Waals surface area (Å²) in [7, 11) is 0. The lowest BCUT2D eigenvalue weighted by Crippen LogP contribution is -2.61. The molecule has 3 aromatic rings. The Morgan fingerprint density at radius 1 is 1.08 bits per heavy atom. The number of fused-ring (bicyclic) bond motifs is 1. The number of carbonyl (C=O) groups excluding carboxylic acids is 2. The van der Waals surface area contributed by atoms with Crippen molar-refractivity contribution in [2.45, 2.75) is 40.2 Å². The molecule has 5 rings (SSSR count). The number of hydrogen-bond acceptors (Lipinski definition) is 7. The number of rotatable bonds is 6. The third-order valence-corrected chi connectivity index (χ3v) is 6.68. The molecule has 188 valence electrons. The second kappa shape index (κ2) is 9.63. The minimum atomic E-state index is -0.644. The summed E-state index contributed by atoms with van der Waals surface area (Å²) >= 11 is 0. The van der Waals surface area contributed by atoms with Crippen LogP contribution in [-0.2, 0) is 9.59 Å². The molecule has 2 aliphatic rings. The molecule has 2 aliphatic heterocycles. The summed E-state index contributed by atoms with van der Waals surface area (Å²) in [6.45, 7) is 8.28. The molecule has 0 saturated carbocycles. The van der Waals surface area contributed by atoms with Gasteiger partial charge in [0.05, 0.1) is 17.3 Å². The Kier molecular flexibility index (Phi) is 6.38. The summed E-state index contributed by atoms with van der Waals surface area (Å²) in [6.07, 6.45) is -0.933. The second-order valence-corrected chi connectivity index (χ2v) is 9.35. The molecule has 2 aromatic carbocycles. The standard InChI is InChI=1S/C26H31N7O3/c1-15-9-10-19(11-17(15)3)32-24-20(13-27-32)25(35)30-26(29-24)33-22(12-18(4)31-33)28-23(34)14-36-21-8-6-5-7-16(21)2/h5-12,20,24,26-27,29H,13-14H2,1-4H3,(H,28,34)(H,30,35). The van der Waals surface area contributed by atoms with E-state index in [2.05, 4.69) is 52.5 Å². The maximum absolute atomic E-state index is 13.0. The third-order valence-electron chi connectivity index (χ3n) is 6.68. The van der Waals surface area contributed by atoms with E-state index in [9.17, 15) is 9.59 Å². The molecule has 36 heavy (non-hydrogen) atoms. The predicted molar refractivity (Wildman–Crippen MR) is 136 cm³/mol. The Morgan fingerprint density at radius 2 is 1.89 bits per heavy atom. The van der Waals surface area contributed by atoms with Crippen LogP contribution in [0.3, 0.4) is 0 Å². The highest BCUT2D eigenvalue weighted by Gasteiger charge is 2.45. The highest BCUT2D eigenvalue weighted by Crippen LogP contribution is 2.29. The van der Waals surface area contributed by atoms with E-state index in [-0.39, 0.29) is 30.5 Å². The number of nitrogens with one attached hydrogen (secondary N) is 4. The summed E-state index contributed by atoms with van der Waals surface area (Å²) in [5, 5.41) is 15.9. The molecule has 10 heteroatoms. The first-order chi connectivity index (χ1) is 17.3. The zero-order chi connectivity index (χ0) is 25.4. The summed E-state index contributed by atoms with van der Waals surface area (Å²) in [4.78, 5) is 25.7. The van der Waals surface area contributed by atoms with Gasteiger partial charge in [0.15, 0.2) is 12.9 Å². The van der Waals surface area contributed by atoms with Crippen molar-refractivity contribution in [3.05, 3.63) is 70.9 Å². The highest BCUT2D eigenvalue weighted by atomic mass is 16.5. The first-order valence-electron chi connectivity index (χ1n) is 12.0. The topological polar surface area (TPSA) is 113 Å². The fraction of sp³-hybridized carbons (Fsp3) is 0.346. The van der Waals surface area contributed by atoms with Crippen LogP contribution in [0, 0.1) is 33.6 Å². The van der Waals surface area contributed by atoms with Gasteiger partial charge in [0.2, 0.25) is 5.91 Å². The van der Waals surface area contributed by atoms with Gasteiger partial charge in [0, 0.05) is 12.6 Å². The van der Waals surface area contributed by atoms with Crippen LogP contribution >= 0.6 is 0 Å². The minimum absolute atomic E-state index is 0.0871. The molecule has 3 heterocycles. The van der Waals surface area contributed by atoms with Crippen molar-refractivity contribution >= 4 is 23.3 Å². The molecule has 1 aromatic heterocycles. The van der Waals surface area contributed by atoms with E-state index in [1.807, 2.05) is 49.2 Å². The van der Waals surface area contributed by atoms with Gasteiger partial charge in [-0.15, -0.1) is 0 Å². The molecule has 0 bridgehead atoms. The lowest BCUT2D eigenvalue weighted by Gasteiger charge is -2.37. The molecule has 10 nitrogen and oxygen atoms in total. The Bertz CT molecular complexity index is 1300. The van der Waals surface area contributed by atoms with Crippen molar-refractivity contribution in [3.8, 4) is 5.75 Å². The Morgan fingerprint density at radius 3 is 2.67 bits per heavy atom. The van der Waals surface area contributed by atoms with Crippen LogP contribution in [0.15, 0.2) is 48.5 Å². The molecule has 4 N–H and O–H groups in total. The average molecular weight is 490 g/mol. The molecular formula is C26H31N7O3. The van der Waals surface area contributed by atoms with E-state index in [0.29, 0.717) is 23.8 Å². The molecule has 2 amide bonds. The number of hydrogen-bond donors (Lipinski definition) is 4. The Labute approximate surface area is 210 Å². The number of aromatic nitrogens is 2. The van der Waals surface area contributed by atoms with E-state index < -0.39 is 6.29 Å². The Balaban J connectivity index is 1.32. The summed E-state index contributed by atoms with van der Waals surface area (Å²) in [6, 6.07) is 15.5. The number of amides is 2. The quantitative estimate of drug-likeness (QED) is 0.420. The van der Waals surface area contributed by atoms with Crippen LogP contribution in [0.1, 0.15) is 28.7 Å². The van der Waals surface area contributed by atoms with Gasteiger partial charge < -0.3 is 15.4 Å². The van der Waals surface area contributed by atoms with Crippen LogP contribution in [0.2, 0.25) is 0 Å². The van der Waals surface area contributed by atoms with E-state index >= 15 is 0 Å². The largest absolute Gasteiger partial charge is 0.483 e. The lowest BCUT2D eigenvalue weighted by molar-refractivity contribution is -0.129. The summed E-state index contributed by atoms with van der Waals surface area (Å²) in [5.41, 5.74) is 8.37. The van der Waals surface area contributed by atoms with Gasteiger partial charge >= 0.3 is 0 Å². The zero-order valence-corrected chi connectivity index (χ0v) is 20.8. The molecule has 3 atom stereocenters. The smallest absolute Gasteiger partial charge is 0.263 e. The van der Waals surface area contributed by atoms with E-state index in [1.54, 1.807) is 10.7 Å². The van der Waals surface area contributed by atoms with Crippen molar-refractivity contribution in [2.24, 2.45) is 5.92 Å². The summed E-state index contributed by atoms with van der Waals surface area (Å²) < 4.78 is 7.27. The van der Waals surface area contributed by atoms with E-state index in [4.69, 9.17) is 4.74 Å². The minimum Gasteiger partial charge on any atom is -0.483 e. The number of nitrogens with zero attached hydrogens (tertiary/aromatic N) is 3. The van der Waals surface area contributed by atoms with Gasteiger partial charge in [0.25, 0.3) is 5.91 Å². The average Bonchev–Trinajstić information content (AvgIpc) is 3.44. The number of aryl methyl sites for hydroxylation is 4. The molecule has 2 saturated heterocycles. The SMILES string of the molecule is Cc1cc(NC(=O)COc2ccccc2C)n(C2NC(=O)C3CNN(c4ccc(C)c(C)c4)C3N2)n1. The van der Waals surface area contributed by atoms with Crippen LogP contribution in [0.25, 0.3) is 0 Å². The fourth-order valence-electron chi connectivity index (χ4n) is 4.57. The van der Waals surface area contributed by atoms with Crippen LogP contribution in [0.5, 0.6) is 5.75 Å². The number of para-hydroxylation sites is 1. The second-order valence-electron chi connectivity index (χ2n) is 9.35. The molecule has 0 spiro atoms. The van der Waals surface area contributed by atoms with Crippen molar-refractivity contribution in [1.29, 1.82) is 0 Å². The number of ether oxygens (including phenoxy) is 1. The maximum atomic E-state index is 13.0. The van der Waals surface area contributed by atoms with Gasteiger partial charge in [-0.2, -0.15) is 5.10 Å². The lowest BCUT2D eigenvalue weighted by atomic mass is 10.0.